The molecule has 0 N–H and O–H groups in total. The van der Waals surface area contributed by atoms with E-state index in [1.54, 1.807) is 41.4 Å². The largest absolute Gasteiger partial charge is 0.276 e. The second-order valence-electron chi connectivity index (χ2n) is 7.00. The van der Waals surface area contributed by atoms with Crippen LogP contribution in [-0.2, 0) is 0 Å². The van der Waals surface area contributed by atoms with Crippen molar-refractivity contribution in [2.24, 2.45) is 0 Å². The Hall–Kier alpha value is -3.84. The van der Waals surface area contributed by atoms with Gasteiger partial charge in [-0.2, -0.15) is 5.01 Å². The van der Waals surface area contributed by atoms with Gasteiger partial charge < -0.3 is 0 Å². The maximum atomic E-state index is 13.0. The first-order valence-electron chi connectivity index (χ1n) is 9.13. The molecule has 5 rings (SSSR count). The van der Waals surface area contributed by atoms with Gasteiger partial charge in [-0.15, -0.1) is 0 Å². The van der Waals surface area contributed by atoms with Crippen molar-refractivity contribution in [3.63, 3.8) is 0 Å². The second-order valence-corrected chi connectivity index (χ2v) is 7.00. The maximum absolute atomic E-state index is 13.0. The smallest absolute Gasteiger partial charge is 0.267 e. The molecule has 3 atom stereocenters. The molecule has 1 fully saturated rings. The third kappa shape index (κ3) is 2.63. The van der Waals surface area contributed by atoms with Crippen LogP contribution in [0, 0.1) is 10.1 Å². The lowest BCUT2D eigenvalue weighted by molar-refractivity contribution is -0.384. The molecule has 0 saturated carbocycles. The van der Waals surface area contributed by atoms with Gasteiger partial charge >= 0.3 is 0 Å². The van der Waals surface area contributed by atoms with Crippen LogP contribution in [0.2, 0.25) is 0 Å². The number of hydrogen-bond donors (Lipinski definition) is 0. The standard InChI is InChI=1S/C22H15N3O4/c26-21-17-8-4-5-9-18(17)22(27)24(21)23-19(14-6-2-1-3-7-14)20(23)15-10-12-16(13-11-15)25(28)29/h1-13,19-20H. The summed E-state index contributed by atoms with van der Waals surface area (Å²) in [7, 11) is 0. The molecule has 7 heteroatoms. The van der Waals surface area contributed by atoms with Crippen LogP contribution in [0.1, 0.15) is 43.9 Å². The van der Waals surface area contributed by atoms with Gasteiger partial charge in [0.15, 0.2) is 0 Å². The van der Waals surface area contributed by atoms with E-state index >= 15 is 0 Å². The van der Waals surface area contributed by atoms with Crippen LogP contribution >= 0.6 is 0 Å². The molecule has 2 aliphatic heterocycles. The number of rotatable bonds is 4. The van der Waals surface area contributed by atoms with Crippen molar-refractivity contribution >= 4 is 17.5 Å². The molecule has 0 aromatic heterocycles. The summed E-state index contributed by atoms with van der Waals surface area (Å²) < 4.78 is 0. The first kappa shape index (κ1) is 17.3. The number of imide groups is 1. The van der Waals surface area contributed by atoms with Crippen LogP contribution in [-0.4, -0.2) is 26.8 Å². The molecule has 3 unspecified atom stereocenters. The van der Waals surface area contributed by atoms with Crippen molar-refractivity contribution < 1.29 is 14.5 Å². The minimum atomic E-state index is -0.451. The van der Waals surface area contributed by atoms with Gasteiger partial charge in [0, 0.05) is 12.1 Å². The number of carbonyl (C=O) groups is 2. The molecule has 0 bridgehead atoms. The van der Waals surface area contributed by atoms with E-state index in [0.29, 0.717) is 11.1 Å². The van der Waals surface area contributed by atoms with E-state index in [0.717, 1.165) is 11.1 Å². The first-order valence-corrected chi connectivity index (χ1v) is 9.13. The Kier molecular flexibility index (Phi) is 3.78. The number of nitro benzene ring substituents is 1. The SMILES string of the molecule is O=C1c2ccccc2C(=O)N1N1C(c2ccccc2)C1c1ccc([N+](=O)[O-])cc1. The maximum Gasteiger partial charge on any atom is 0.276 e. The van der Waals surface area contributed by atoms with Gasteiger partial charge in [-0.3, -0.25) is 19.7 Å². The molecular formula is C22H15N3O4. The lowest BCUT2D eigenvalue weighted by Crippen LogP contribution is -2.35. The number of hydrogen-bond acceptors (Lipinski definition) is 5. The monoisotopic (exact) mass is 385 g/mol. The highest BCUT2D eigenvalue weighted by Crippen LogP contribution is 2.56. The number of nitrogens with zero attached hydrogens (tertiary/aromatic N) is 3. The van der Waals surface area contributed by atoms with Crippen molar-refractivity contribution in [3.8, 4) is 0 Å². The number of benzene rings is 3. The quantitative estimate of drug-likeness (QED) is 0.294. The molecule has 2 amide bonds. The van der Waals surface area contributed by atoms with Gasteiger partial charge in [-0.1, -0.05) is 54.6 Å². The van der Waals surface area contributed by atoms with Crippen molar-refractivity contribution in [2.75, 3.05) is 0 Å². The molecule has 0 radical (unpaired) electrons. The van der Waals surface area contributed by atoms with Crippen molar-refractivity contribution in [2.45, 2.75) is 12.1 Å². The number of nitro groups is 1. The van der Waals surface area contributed by atoms with Crippen LogP contribution in [0.15, 0.2) is 78.9 Å². The number of fused-ring (bicyclic) bond motifs is 1. The lowest BCUT2D eigenvalue weighted by atomic mass is 10.0. The average molecular weight is 385 g/mol. The Morgan fingerprint density at radius 3 is 1.69 bits per heavy atom. The van der Waals surface area contributed by atoms with Crippen molar-refractivity contribution in [1.29, 1.82) is 0 Å². The molecule has 7 nitrogen and oxygen atoms in total. The zero-order valence-corrected chi connectivity index (χ0v) is 15.1. The summed E-state index contributed by atoms with van der Waals surface area (Å²) in [6.45, 7) is 0. The average Bonchev–Trinajstić information content (AvgIpc) is 3.43. The van der Waals surface area contributed by atoms with Gasteiger partial charge in [0.25, 0.3) is 17.5 Å². The zero-order chi connectivity index (χ0) is 20.1. The summed E-state index contributed by atoms with van der Waals surface area (Å²) in [5.74, 6) is -0.702. The normalized spacial score (nSPS) is 22.5. The summed E-state index contributed by atoms with van der Waals surface area (Å²) in [6, 6.07) is 22.1. The number of hydrazine groups is 1. The molecule has 2 heterocycles. The Morgan fingerprint density at radius 2 is 1.17 bits per heavy atom. The van der Waals surface area contributed by atoms with E-state index < -0.39 is 4.92 Å². The molecule has 29 heavy (non-hydrogen) atoms. The summed E-state index contributed by atoms with van der Waals surface area (Å²) in [6.07, 6.45) is 0. The summed E-state index contributed by atoms with van der Waals surface area (Å²) in [4.78, 5) is 36.4. The van der Waals surface area contributed by atoms with E-state index in [1.165, 1.54) is 17.1 Å². The Balaban J connectivity index is 1.54. The van der Waals surface area contributed by atoms with E-state index in [-0.39, 0.29) is 29.6 Å². The Bertz CT molecular complexity index is 1110. The predicted molar refractivity (Wildman–Crippen MR) is 104 cm³/mol. The third-order valence-electron chi connectivity index (χ3n) is 5.37. The highest BCUT2D eigenvalue weighted by atomic mass is 16.6. The summed E-state index contributed by atoms with van der Waals surface area (Å²) >= 11 is 0. The van der Waals surface area contributed by atoms with E-state index in [1.807, 2.05) is 30.3 Å². The van der Waals surface area contributed by atoms with Gasteiger partial charge in [-0.25, -0.2) is 5.01 Å². The van der Waals surface area contributed by atoms with Crippen LogP contribution in [0.25, 0.3) is 0 Å². The lowest BCUT2D eigenvalue weighted by Gasteiger charge is -2.16. The fraction of sp³-hybridized carbons (Fsp3) is 0.0909. The Morgan fingerprint density at radius 1 is 0.690 bits per heavy atom. The minimum absolute atomic E-state index is 0.00191. The highest BCUT2D eigenvalue weighted by Gasteiger charge is 2.58. The van der Waals surface area contributed by atoms with E-state index in [4.69, 9.17) is 0 Å². The van der Waals surface area contributed by atoms with Crippen LogP contribution in [0.5, 0.6) is 0 Å². The van der Waals surface area contributed by atoms with Crippen LogP contribution in [0.4, 0.5) is 5.69 Å². The van der Waals surface area contributed by atoms with E-state index in [9.17, 15) is 19.7 Å². The van der Waals surface area contributed by atoms with Crippen molar-refractivity contribution in [3.05, 3.63) is 111 Å². The molecule has 3 aromatic rings. The van der Waals surface area contributed by atoms with Gasteiger partial charge in [-0.05, 0) is 23.3 Å². The number of amides is 2. The molecule has 1 saturated heterocycles. The van der Waals surface area contributed by atoms with Gasteiger partial charge in [0.2, 0.25) is 0 Å². The zero-order valence-electron chi connectivity index (χ0n) is 15.1. The molecule has 0 aliphatic carbocycles. The number of carbonyl (C=O) groups excluding carboxylic acids is 2. The summed E-state index contributed by atoms with van der Waals surface area (Å²) in [5.41, 5.74) is 2.55. The Labute approximate surface area is 165 Å². The van der Waals surface area contributed by atoms with Crippen LogP contribution < -0.4 is 0 Å². The van der Waals surface area contributed by atoms with Crippen LogP contribution in [0.3, 0.4) is 0 Å². The van der Waals surface area contributed by atoms with Crippen molar-refractivity contribution in [1.82, 2.24) is 10.0 Å². The fourth-order valence-corrected chi connectivity index (χ4v) is 3.97. The topological polar surface area (TPSA) is 83.5 Å². The number of non-ortho nitro benzene ring substituents is 1. The first-order chi connectivity index (χ1) is 14.1. The third-order valence-corrected chi connectivity index (χ3v) is 5.37. The summed E-state index contributed by atoms with van der Waals surface area (Å²) in [5, 5.41) is 13.9. The fourth-order valence-electron chi connectivity index (χ4n) is 3.97. The molecular weight excluding hydrogens is 370 g/mol. The van der Waals surface area contributed by atoms with Gasteiger partial charge in [0.05, 0.1) is 28.1 Å². The van der Waals surface area contributed by atoms with E-state index in [2.05, 4.69) is 0 Å². The molecule has 142 valence electrons. The molecule has 3 aromatic carbocycles. The predicted octanol–water partition coefficient (Wildman–Crippen LogP) is 3.90. The minimum Gasteiger partial charge on any atom is -0.267 e. The molecule has 2 aliphatic rings. The highest BCUT2D eigenvalue weighted by molar-refractivity contribution is 6.21. The second kappa shape index (κ2) is 6.35. The van der Waals surface area contributed by atoms with Gasteiger partial charge in [0.1, 0.15) is 0 Å². The molecule has 0 spiro atoms.